The zero-order valence-electron chi connectivity index (χ0n) is 8.38. The molecule has 0 aliphatic rings. The Morgan fingerprint density at radius 1 is 1.25 bits per heavy atom. The fraction of sp³-hybridized carbons (Fsp3) is 0.273. The summed E-state index contributed by atoms with van der Waals surface area (Å²) in [6.45, 7) is 1.50. The molecule has 0 bridgehead atoms. The number of aryl methyl sites for hydroxylation is 1. The first kappa shape index (κ1) is 11.0. The minimum Gasteiger partial charge on any atom is -0.458 e. The van der Waals surface area contributed by atoms with Crippen LogP contribution in [-0.4, -0.2) is 11.3 Å². The van der Waals surface area contributed by atoms with Crippen molar-refractivity contribution in [3.05, 3.63) is 35.6 Å². The number of hydrogen-bond donors (Lipinski definition) is 1. The van der Waals surface area contributed by atoms with Crippen molar-refractivity contribution in [2.24, 2.45) is 0 Å². The molecule has 1 aromatic carbocycles. The molecular formula is C11H9F3O2. The fourth-order valence-corrected chi connectivity index (χ4v) is 1.60. The van der Waals surface area contributed by atoms with Crippen LogP contribution in [0.5, 0.6) is 0 Å². The molecule has 2 rings (SSSR count). The number of alkyl halides is 3. The number of benzene rings is 1. The molecule has 0 radical (unpaired) electrons. The average molecular weight is 230 g/mol. The van der Waals surface area contributed by atoms with Crippen LogP contribution in [0.15, 0.2) is 28.7 Å². The van der Waals surface area contributed by atoms with E-state index in [1.54, 1.807) is 24.3 Å². The largest absolute Gasteiger partial charge is 0.458 e. The van der Waals surface area contributed by atoms with Gasteiger partial charge in [0.15, 0.2) is 0 Å². The number of aliphatic hydroxyl groups excluding tert-OH is 1. The zero-order valence-corrected chi connectivity index (χ0v) is 8.38. The van der Waals surface area contributed by atoms with Crippen LogP contribution < -0.4 is 0 Å². The third-order valence-corrected chi connectivity index (χ3v) is 2.44. The lowest BCUT2D eigenvalue weighted by molar-refractivity contribution is -0.211. The van der Waals surface area contributed by atoms with Gasteiger partial charge in [0.05, 0.1) is 0 Å². The van der Waals surface area contributed by atoms with Gasteiger partial charge in [0.25, 0.3) is 0 Å². The molecule has 0 aliphatic carbocycles. The number of furan rings is 1. The molecule has 2 nitrogen and oxygen atoms in total. The van der Waals surface area contributed by atoms with E-state index in [-0.39, 0.29) is 0 Å². The second kappa shape index (κ2) is 3.52. The second-order valence-electron chi connectivity index (χ2n) is 3.53. The van der Waals surface area contributed by atoms with Crippen molar-refractivity contribution in [1.29, 1.82) is 0 Å². The van der Waals surface area contributed by atoms with Gasteiger partial charge in [-0.3, -0.25) is 0 Å². The Bertz CT molecular complexity index is 513. The smallest absolute Gasteiger partial charge is 0.421 e. The van der Waals surface area contributed by atoms with E-state index in [0.29, 0.717) is 16.5 Å². The maximum Gasteiger partial charge on any atom is 0.421 e. The van der Waals surface area contributed by atoms with E-state index in [0.717, 1.165) is 0 Å². The van der Waals surface area contributed by atoms with Crippen molar-refractivity contribution in [2.45, 2.75) is 19.2 Å². The Morgan fingerprint density at radius 2 is 1.88 bits per heavy atom. The highest BCUT2D eigenvalue weighted by Crippen LogP contribution is 2.37. The van der Waals surface area contributed by atoms with Gasteiger partial charge in [-0.1, -0.05) is 18.2 Å². The molecule has 1 aromatic heterocycles. The minimum absolute atomic E-state index is 0.320. The van der Waals surface area contributed by atoms with Gasteiger partial charge in [0.1, 0.15) is 11.3 Å². The highest BCUT2D eigenvalue weighted by Gasteiger charge is 2.42. The SMILES string of the molecule is Cc1c(C(O)C(F)(F)F)oc2ccccc12. The van der Waals surface area contributed by atoms with E-state index in [2.05, 4.69) is 0 Å². The Hall–Kier alpha value is -1.49. The zero-order chi connectivity index (χ0) is 11.9. The molecule has 86 valence electrons. The third kappa shape index (κ3) is 1.67. The normalized spacial score (nSPS) is 14.3. The molecule has 1 N–H and O–H groups in total. The van der Waals surface area contributed by atoms with E-state index in [4.69, 9.17) is 9.52 Å². The summed E-state index contributed by atoms with van der Waals surface area (Å²) in [5.41, 5.74) is 0.665. The lowest BCUT2D eigenvalue weighted by Gasteiger charge is -2.12. The van der Waals surface area contributed by atoms with Gasteiger partial charge in [-0.25, -0.2) is 0 Å². The van der Waals surface area contributed by atoms with Gasteiger partial charge < -0.3 is 9.52 Å². The highest BCUT2D eigenvalue weighted by molar-refractivity contribution is 5.82. The summed E-state index contributed by atoms with van der Waals surface area (Å²) >= 11 is 0. The molecule has 0 fully saturated rings. The standard InChI is InChI=1S/C11H9F3O2/c1-6-7-4-2-3-5-8(7)16-9(6)10(15)11(12,13)14/h2-5,10,15H,1H3. The van der Waals surface area contributed by atoms with Gasteiger partial charge in [-0.2, -0.15) is 13.2 Å². The lowest BCUT2D eigenvalue weighted by atomic mass is 10.1. The number of para-hydroxylation sites is 1. The third-order valence-electron chi connectivity index (χ3n) is 2.44. The summed E-state index contributed by atoms with van der Waals surface area (Å²) in [7, 11) is 0. The molecule has 0 spiro atoms. The number of halogens is 3. The quantitative estimate of drug-likeness (QED) is 0.815. The molecule has 16 heavy (non-hydrogen) atoms. The van der Waals surface area contributed by atoms with Crippen molar-refractivity contribution < 1.29 is 22.7 Å². The van der Waals surface area contributed by atoms with E-state index in [1.165, 1.54) is 6.92 Å². The molecule has 1 heterocycles. The molecule has 1 unspecified atom stereocenters. The molecule has 0 saturated carbocycles. The number of fused-ring (bicyclic) bond motifs is 1. The van der Waals surface area contributed by atoms with Gasteiger partial charge in [-0.05, 0) is 13.0 Å². The summed E-state index contributed by atoms with van der Waals surface area (Å²) in [5.74, 6) is -0.436. The van der Waals surface area contributed by atoms with Crippen LogP contribution in [0.25, 0.3) is 11.0 Å². The molecule has 2 aromatic rings. The van der Waals surface area contributed by atoms with E-state index >= 15 is 0 Å². The number of aliphatic hydroxyl groups is 1. The molecule has 0 aliphatic heterocycles. The van der Waals surface area contributed by atoms with Crippen LogP contribution in [0.2, 0.25) is 0 Å². The fourth-order valence-electron chi connectivity index (χ4n) is 1.60. The predicted octanol–water partition coefficient (Wildman–Crippen LogP) is 3.34. The Kier molecular flexibility index (Phi) is 2.42. The summed E-state index contributed by atoms with van der Waals surface area (Å²) in [5, 5.41) is 9.70. The summed E-state index contributed by atoms with van der Waals surface area (Å²) < 4.78 is 42.0. The van der Waals surface area contributed by atoms with Crippen LogP contribution in [0, 0.1) is 6.92 Å². The first-order valence-corrected chi connectivity index (χ1v) is 4.64. The average Bonchev–Trinajstić information content (AvgIpc) is 2.54. The molecule has 5 heteroatoms. The highest BCUT2D eigenvalue weighted by atomic mass is 19.4. The van der Waals surface area contributed by atoms with Crippen molar-refractivity contribution >= 4 is 11.0 Å². The maximum absolute atomic E-state index is 12.3. The predicted molar refractivity (Wildman–Crippen MR) is 52.0 cm³/mol. The molecule has 0 saturated heterocycles. The molecular weight excluding hydrogens is 221 g/mol. The van der Waals surface area contributed by atoms with Crippen molar-refractivity contribution in [2.75, 3.05) is 0 Å². The van der Waals surface area contributed by atoms with Gasteiger partial charge in [-0.15, -0.1) is 0 Å². The van der Waals surface area contributed by atoms with Gasteiger partial charge in [0, 0.05) is 10.9 Å². The van der Waals surface area contributed by atoms with E-state index in [9.17, 15) is 13.2 Å². The Labute approximate surface area is 89.3 Å². The Balaban J connectivity index is 2.58. The summed E-state index contributed by atoms with van der Waals surface area (Å²) in [4.78, 5) is 0. The van der Waals surface area contributed by atoms with Crippen LogP contribution in [0.4, 0.5) is 13.2 Å². The summed E-state index contributed by atoms with van der Waals surface area (Å²) in [6.07, 6.45) is -7.28. The monoisotopic (exact) mass is 230 g/mol. The first-order valence-electron chi connectivity index (χ1n) is 4.64. The van der Waals surface area contributed by atoms with E-state index < -0.39 is 18.0 Å². The van der Waals surface area contributed by atoms with Crippen molar-refractivity contribution in [3.63, 3.8) is 0 Å². The molecule has 0 amide bonds. The van der Waals surface area contributed by atoms with Gasteiger partial charge in [0.2, 0.25) is 6.10 Å². The topological polar surface area (TPSA) is 33.4 Å². The minimum atomic E-state index is -4.71. The first-order chi connectivity index (χ1) is 7.41. The van der Waals surface area contributed by atoms with Crippen LogP contribution in [-0.2, 0) is 0 Å². The van der Waals surface area contributed by atoms with Crippen LogP contribution >= 0.6 is 0 Å². The second-order valence-corrected chi connectivity index (χ2v) is 3.53. The van der Waals surface area contributed by atoms with Gasteiger partial charge >= 0.3 is 6.18 Å². The van der Waals surface area contributed by atoms with Crippen LogP contribution in [0.1, 0.15) is 17.4 Å². The Morgan fingerprint density at radius 3 is 2.44 bits per heavy atom. The molecule has 1 atom stereocenters. The summed E-state index contributed by atoms with van der Waals surface area (Å²) in [6, 6.07) is 6.58. The number of rotatable bonds is 1. The van der Waals surface area contributed by atoms with E-state index in [1.807, 2.05) is 0 Å². The number of hydrogen-bond acceptors (Lipinski definition) is 2. The van der Waals surface area contributed by atoms with Crippen molar-refractivity contribution in [1.82, 2.24) is 0 Å². The van der Waals surface area contributed by atoms with Crippen LogP contribution in [0.3, 0.4) is 0 Å². The lowest BCUT2D eigenvalue weighted by Crippen LogP contribution is -2.20. The maximum atomic E-state index is 12.3. The van der Waals surface area contributed by atoms with Crippen molar-refractivity contribution in [3.8, 4) is 0 Å².